The number of rotatable bonds is 0. The zero-order valence-electron chi connectivity index (χ0n) is 10.2. The molecular formula is C18H16. The van der Waals surface area contributed by atoms with Crippen LogP contribution in [0.15, 0.2) is 11.1 Å². The Hall–Kier alpha value is -0.260. The van der Waals surface area contributed by atoms with Crippen LogP contribution in [0, 0.1) is 94.7 Å². The first kappa shape index (κ1) is 6.95. The molecule has 0 heterocycles. The molecule has 0 aromatic heterocycles. The molecular weight excluding hydrogens is 216 g/mol. The minimum absolute atomic E-state index is 1.21. The van der Waals surface area contributed by atoms with E-state index < -0.39 is 0 Å². The molecule has 12 fully saturated rings. The van der Waals surface area contributed by atoms with Crippen molar-refractivity contribution in [2.75, 3.05) is 0 Å². The molecule has 0 aromatic carbocycles. The second-order valence-electron chi connectivity index (χ2n) is 9.94. The molecule has 0 amide bonds. The zero-order valence-corrected chi connectivity index (χ0v) is 10.2. The molecule has 0 N–H and O–H groups in total. The van der Waals surface area contributed by atoms with Crippen molar-refractivity contribution in [2.45, 2.75) is 0 Å². The van der Waals surface area contributed by atoms with Crippen molar-refractivity contribution in [2.24, 2.45) is 94.7 Å². The molecule has 12 aliphatic rings. The average Bonchev–Trinajstić information content (AvgIpc) is 3.30. The fraction of sp³-hybridized carbons (Fsp3) is 0.889. The van der Waals surface area contributed by atoms with Crippen molar-refractivity contribution in [1.82, 2.24) is 0 Å². The Labute approximate surface area is 106 Å². The lowest BCUT2D eigenvalue weighted by Crippen LogP contribution is -2.10. The summed E-state index contributed by atoms with van der Waals surface area (Å²) in [5.74, 6) is 20.3. The van der Waals surface area contributed by atoms with Crippen molar-refractivity contribution < 1.29 is 0 Å². The van der Waals surface area contributed by atoms with Crippen molar-refractivity contribution in [3.8, 4) is 0 Å². The molecule has 0 spiro atoms. The van der Waals surface area contributed by atoms with Gasteiger partial charge >= 0.3 is 0 Å². The molecule has 0 aromatic rings. The molecule has 12 aliphatic carbocycles. The van der Waals surface area contributed by atoms with Crippen LogP contribution < -0.4 is 0 Å². The third kappa shape index (κ3) is 0.344. The van der Waals surface area contributed by atoms with E-state index in [4.69, 9.17) is 0 Å². The third-order valence-corrected chi connectivity index (χ3v) is 10.7. The predicted octanol–water partition coefficient (Wildman–Crippen LogP) is 2.28. The average molecular weight is 232 g/mol. The first-order valence-corrected chi connectivity index (χ1v) is 8.74. The van der Waals surface area contributed by atoms with Crippen molar-refractivity contribution in [3.05, 3.63) is 11.1 Å². The van der Waals surface area contributed by atoms with Crippen LogP contribution in [-0.4, -0.2) is 0 Å². The maximum atomic E-state index is 2.21. The quantitative estimate of drug-likeness (QED) is 0.562. The van der Waals surface area contributed by atoms with Crippen LogP contribution in [0.2, 0.25) is 0 Å². The Kier molecular flexibility index (Phi) is 0.555. The maximum Gasteiger partial charge on any atom is -0.0129 e. The normalized spacial score (nSPS) is 100. The second kappa shape index (κ2) is 1.44. The van der Waals surface area contributed by atoms with Crippen LogP contribution in [0.1, 0.15) is 0 Å². The summed E-state index contributed by atoms with van der Waals surface area (Å²) in [5.41, 5.74) is 4.41. The summed E-state index contributed by atoms with van der Waals surface area (Å²) < 4.78 is 0. The Balaban J connectivity index is 1.34. The molecule has 8 atom stereocenters. The van der Waals surface area contributed by atoms with Gasteiger partial charge in [0.05, 0.1) is 0 Å². The predicted molar refractivity (Wildman–Crippen MR) is 62.9 cm³/mol. The highest BCUT2D eigenvalue weighted by Crippen LogP contribution is 3.00. The van der Waals surface area contributed by atoms with Gasteiger partial charge in [0, 0.05) is 0 Å². The van der Waals surface area contributed by atoms with Gasteiger partial charge in [-0.3, -0.25) is 0 Å². The molecule has 0 saturated heterocycles. The Morgan fingerprint density at radius 1 is 0.278 bits per heavy atom. The van der Waals surface area contributed by atoms with Gasteiger partial charge in [0.1, 0.15) is 0 Å². The first-order chi connectivity index (χ1) is 9.00. The Morgan fingerprint density at radius 3 is 0.722 bits per heavy atom. The fourth-order valence-electron chi connectivity index (χ4n) is 11.3. The van der Waals surface area contributed by atoms with Crippen LogP contribution in [0.4, 0.5) is 0 Å². The summed E-state index contributed by atoms with van der Waals surface area (Å²) in [6.45, 7) is 0. The lowest BCUT2D eigenvalue weighted by Gasteiger charge is -2.20. The van der Waals surface area contributed by atoms with Gasteiger partial charge in [-0.2, -0.15) is 0 Å². The van der Waals surface area contributed by atoms with E-state index in [1.807, 2.05) is 0 Å². The minimum atomic E-state index is 1.21. The number of allylic oxidation sites excluding steroid dienone is 2. The maximum absolute atomic E-state index is 2.21. The van der Waals surface area contributed by atoms with E-state index in [-0.39, 0.29) is 0 Å². The van der Waals surface area contributed by atoms with Crippen molar-refractivity contribution >= 4 is 0 Å². The summed E-state index contributed by atoms with van der Waals surface area (Å²) >= 11 is 0. The topological polar surface area (TPSA) is 0 Å². The molecule has 0 heteroatoms. The highest BCUT2D eigenvalue weighted by atomic mass is 15.0. The van der Waals surface area contributed by atoms with Crippen LogP contribution >= 0.6 is 0 Å². The number of hydrogen-bond donors (Lipinski definition) is 0. The van der Waals surface area contributed by atoms with Crippen LogP contribution in [-0.2, 0) is 0 Å². The summed E-state index contributed by atoms with van der Waals surface area (Å²) in [7, 11) is 0. The molecule has 0 radical (unpaired) electrons. The Bertz CT molecular complexity index is 532. The van der Waals surface area contributed by atoms with Crippen LogP contribution in [0.3, 0.4) is 0 Å². The third-order valence-electron chi connectivity index (χ3n) is 10.7. The highest BCUT2D eigenvalue weighted by Gasteiger charge is 2.96. The van der Waals surface area contributed by atoms with Gasteiger partial charge in [-0.05, 0) is 94.7 Å². The van der Waals surface area contributed by atoms with Crippen LogP contribution in [0.5, 0.6) is 0 Å². The number of hydrogen-bond acceptors (Lipinski definition) is 0. The SMILES string of the molecule is C1(=C2C3C4C5C2C2C3C2C45)C2C3C4C1C1C2C1C34. The van der Waals surface area contributed by atoms with Gasteiger partial charge in [0.2, 0.25) is 0 Å². The van der Waals surface area contributed by atoms with E-state index in [9.17, 15) is 0 Å². The van der Waals surface area contributed by atoms with Gasteiger partial charge in [-0.1, -0.05) is 11.1 Å². The largest absolute Gasteiger partial charge is 0.0630 e. The minimum Gasteiger partial charge on any atom is -0.0630 e. The van der Waals surface area contributed by atoms with Crippen LogP contribution in [0.25, 0.3) is 0 Å². The smallest absolute Gasteiger partial charge is 0.0129 e. The lowest BCUT2D eigenvalue weighted by atomic mass is 9.85. The van der Waals surface area contributed by atoms with E-state index in [2.05, 4.69) is 11.1 Å². The summed E-state index contributed by atoms with van der Waals surface area (Å²) in [5, 5.41) is 0. The molecule has 12 rings (SSSR count). The zero-order chi connectivity index (χ0) is 10.4. The Morgan fingerprint density at radius 2 is 0.500 bits per heavy atom. The molecule has 88 valence electrons. The standard InChI is InChI=1S/C18H16/c1-2-9(1)10-3-4(10)14(2)17(13(1)3)18-15-5-6-11(5)12-7(15)8(12)16(6)18/h1-16H. The molecule has 8 unspecified atom stereocenters. The second-order valence-corrected chi connectivity index (χ2v) is 9.94. The molecule has 12 saturated carbocycles. The summed E-state index contributed by atoms with van der Waals surface area (Å²) in [4.78, 5) is 0. The van der Waals surface area contributed by atoms with E-state index in [1.54, 1.807) is 0 Å². The van der Waals surface area contributed by atoms with E-state index in [1.165, 1.54) is 94.7 Å². The van der Waals surface area contributed by atoms with Gasteiger partial charge < -0.3 is 0 Å². The van der Waals surface area contributed by atoms with Gasteiger partial charge in [0.15, 0.2) is 0 Å². The molecule has 0 aliphatic heterocycles. The van der Waals surface area contributed by atoms with Gasteiger partial charge in [-0.25, -0.2) is 0 Å². The van der Waals surface area contributed by atoms with Crippen molar-refractivity contribution in [1.29, 1.82) is 0 Å². The fourth-order valence-corrected chi connectivity index (χ4v) is 11.3. The molecule has 18 heavy (non-hydrogen) atoms. The van der Waals surface area contributed by atoms with E-state index in [0.717, 1.165) is 0 Å². The molecule has 4 bridgehead atoms. The van der Waals surface area contributed by atoms with Gasteiger partial charge in [0.25, 0.3) is 0 Å². The van der Waals surface area contributed by atoms with E-state index >= 15 is 0 Å². The summed E-state index contributed by atoms with van der Waals surface area (Å²) in [6, 6.07) is 0. The van der Waals surface area contributed by atoms with Gasteiger partial charge in [-0.15, -0.1) is 0 Å². The highest BCUT2D eigenvalue weighted by molar-refractivity contribution is 5.59. The summed E-state index contributed by atoms with van der Waals surface area (Å²) in [6.07, 6.45) is 0. The van der Waals surface area contributed by atoms with E-state index in [0.29, 0.717) is 0 Å². The monoisotopic (exact) mass is 232 g/mol. The molecule has 0 nitrogen and oxygen atoms in total. The first-order valence-electron chi connectivity index (χ1n) is 8.74. The lowest BCUT2D eigenvalue weighted by molar-refractivity contribution is 0.434. The van der Waals surface area contributed by atoms with Crippen molar-refractivity contribution in [3.63, 3.8) is 0 Å².